The maximum absolute atomic E-state index is 10.2. The minimum atomic E-state index is -0.941. The van der Waals surface area contributed by atoms with E-state index in [2.05, 4.69) is 19.1 Å². The molecule has 0 rings (SSSR count). The van der Waals surface area contributed by atoms with E-state index in [4.69, 9.17) is 5.11 Å². The number of carboxylic acid groups (broad SMARTS) is 1. The fraction of sp³-hybridized carbons (Fsp3) is 0.318. The van der Waals surface area contributed by atoms with Gasteiger partial charge < -0.3 is 5.11 Å². The van der Waals surface area contributed by atoms with Crippen molar-refractivity contribution < 1.29 is 9.90 Å². The van der Waals surface area contributed by atoms with Gasteiger partial charge in [-0.15, -0.1) is 0 Å². The predicted molar refractivity (Wildman–Crippen MR) is 105 cm³/mol. The average Bonchev–Trinajstić information content (AvgIpc) is 2.56. The summed E-state index contributed by atoms with van der Waals surface area (Å²) in [6, 6.07) is 0. The summed E-state index contributed by atoms with van der Waals surface area (Å²) in [6.07, 6.45) is 33.8. The minimum absolute atomic E-state index is 0.941. The number of aliphatic carboxylic acids is 1. The lowest BCUT2D eigenvalue weighted by molar-refractivity contribution is -0.131. The molecule has 0 atom stereocenters. The van der Waals surface area contributed by atoms with Gasteiger partial charge in [-0.3, -0.25) is 0 Å². The number of hydrogen-bond donors (Lipinski definition) is 1. The van der Waals surface area contributed by atoms with Gasteiger partial charge in [-0.1, -0.05) is 112 Å². The molecule has 0 radical (unpaired) electrons. The molecule has 2 nitrogen and oxygen atoms in total. The van der Waals surface area contributed by atoms with Crippen molar-refractivity contribution in [1.29, 1.82) is 0 Å². The van der Waals surface area contributed by atoms with Crippen LogP contribution in [0.3, 0.4) is 0 Å². The van der Waals surface area contributed by atoms with Crippen LogP contribution in [0.1, 0.15) is 45.4 Å². The number of unbranched alkanes of at least 4 members (excludes halogenated alkanes) is 5. The van der Waals surface area contributed by atoms with Crippen LogP contribution in [-0.4, -0.2) is 11.1 Å². The summed E-state index contributed by atoms with van der Waals surface area (Å²) in [6.45, 7) is 2.24. The second-order valence-electron chi connectivity index (χ2n) is 5.25. The van der Waals surface area contributed by atoms with Gasteiger partial charge >= 0.3 is 5.97 Å². The molecule has 0 fully saturated rings. The molecule has 0 unspecified atom stereocenters. The Morgan fingerprint density at radius 2 is 1.12 bits per heavy atom. The number of carboxylic acids is 1. The van der Waals surface area contributed by atoms with Crippen LogP contribution in [0.4, 0.5) is 0 Å². The van der Waals surface area contributed by atoms with Crippen LogP contribution in [0.5, 0.6) is 0 Å². The zero-order chi connectivity index (χ0) is 17.7. The van der Waals surface area contributed by atoms with E-state index in [9.17, 15) is 4.79 Å². The molecule has 2 heteroatoms. The zero-order valence-corrected chi connectivity index (χ0v) is 14.7. The van der Waals surface area contributed by atoms with Gasteiger partial charge in [0.2, 0.25) is 0 Å². The highest BCUT2D eigenvalue weighted by molar-refractivity contribution is 5.80. The van der Waals surface area contributed by atoms with Crippen LogP contribution in [0.2, 0.25) is 0 Å². The molecule has 0 saturated carbocycles. The Morgan fingerprint density at radius 1 is 0.667 bits per heavy atom. The smallest absolute Gasteiger partial charge is 0.328 e. The minimum Gasteiger partial charge on any atom is -0.478 e. The van der Waals surface area contributed by atoms with Crippen molar-refractivity contribution >= 4 is 5.97 Å². The molecule has 0 saturated heterocycles. The first-order valence-electron chi connectivity index (χ1n) is 8.67. The average molecular weight is 326 g/mol. The largest absolute Gasteiger partial charge is 0.478 e. The van der Waals surface area contributed by atoms with Gasteiger partial charge in [-0.05, 0) is 12.8 Å². The van der Waals surface area contributed by atoms with Crippen LogP contribution in [0.15, 0.2) is 85.1 Å². The molecule has 0 aliphatic heterocycles. The molecule has 0 amide bonds. The molecular formula is C22H30O2. The predicted octanol–water partition coefficient (Wildman–Crippen LogP) is 6.32. The molecule has 0 heterocycles. The van der Waals surface area contributed by atoms with Crippen molar-refractivity contribution in [1.82, 2.24) is 0 Å². The van der Waals surface area contributed by atoms with E-state index in [-0.39, 0.29) is 0 Å². The molecule has 0 bridgehead atoms. The van der Waals surface area contributed by atoms with E-state index >= 15 is 0 Å². The van der Waals surface area contributed by atoms with E-state index in [1.807, 2.05) is 48.6 Å². The van der Waals surface area contributed by atoms with Crippen molar-refractivity contribution in [3.8, 4) is 0 Å². The lowest BCUT2D eigenvalue weighted by atomic mass is 10.1. The highest BCUT2D eigenvalue weighted by Gasteiger charge is 1.85. The lowest BCUT2D eigenvalue weighted by Crippen LogP contribution is -1.84. The monoisotopic (exact) mass is 326 g/mol. The van der Waals surface area contributed by atoms with E-state index in [0.29, 0.717) is 0 Å². The van der Waals surface area contributed by atoms with Crippen molar-refractivity contribution in [3.63, 3.8) is 0 Å². The second kappa shape index (κ2) is 18.7. The van der Waals surface area contributed by atoms with Crippen LogP contribution < -0.4 is 0 Å². The van der Waals surface area contributed by atoms with Gasteiger partial charge in [0.25, 0.3) is 0 Å². The Kier molecular flexibility index (Phi) is 16.9. The van der Waals surface area contributed by atoms with Gasteiger partial charge in [0.1, 0.15) is 0 Å². The lowest BCUT2D eigenvalue weighted by Gasteiger charge is -1.95. The Bertz CT molecular complexity index is 500. The molecule has 0 aliphatic rings. The zero-order valence-electron chi connectivity index (χ0n) is 14.7. The molecule has 24 heavy (non-hydrogen) atoms. The van der Waals surface area contributed by atoms with Crippen LogP contribution >= 0.6 is 0 Å². The maximum Gasteiger partial charge on any atom is 0.328 e. The number of carbonyl (C=O) groups is 1. The molecule has 130 valence electrons. The van der Waals surface area contributed by atoms with E-state index in [1.165, 1.54) is 38.2 Å². The van der Waals surface area contributed by atoms with Gasteiger partial charge in [0, 0.05) is 6.08 Å². The third-order valence-corrected chi connectivity index (χ3v) is 3.07. The Labute approximate surface area is 147 Å². The number of rotatable bonds is 13. The SMILES string of the molecule is CCCCCCC/C=C/C=C\C=C/C=C/C=C/C=C/C=C/C(=O)O. The van der Waals surface area contributed by atoms with Crippen LogP contribution in [0, 0.1) is 0 Å². The summed E-state index contributed by atoms with van der Waals surface area (Å²) in [7, 11) is 0. The fourth-order valence-electron chi connectivity index (χ4n) is 1.82. The molecule has 0 aromatic carbocycles. The van der Waals surface area contributed by atoms with Crippen molar-refractivity contribution in [2.45, 2.75) is 45.4 Å². The topological polar surface area (TPSA) is 37.3 Å². The van der Waals surface area contributed by atoms with Crippen molar-refractivity contribution in [2.75, 3.05) is 0 Å². The standard InChI is InChI=1S/C22H30O2/c1-2-3-4-5-6-7-8-9-10-11-12-13-14-15-16-17-18-19-20-21-22(23)24/h8-21H,2-7H2,1H3,(H,23,24)/b9-8+,11-10-,13-12-,15-14+,17-16+,19-18+,21-20+. The first-order valence-corrected chi connectivity index (χ1v) is 8.67. The van der Waals surface area contributed by atoms with Gasteiger partial charge in [0.15, 0.2) is 0 Å². The summed E-state index contributed by atoms with van der Waals surface area (Å²) in [5, 5.41) is 8.39. The second-order valence-corrected chi connectivity index (χ2v) is 5.25. The van der Waals surface area contributed by atoms with Gasteiger partial charge in [-0.2, -0.15) is 0 Å². The molecule has 1 N–H and O–H groups in total. The van der Waals surface area contributed by atoms with E-state index in [0.717, 1.165) is 12.5 Å². The summed E-state index contributed by atoms with van der Waals surface area (Å²) in [5.74, 6) is -0.941. The number of hydrogen-bond acceptors (Lipinski definition) is 1. The number of allylic oxidation sites excluding steroid dienone is 13. The molecular weight excluding hydrogens is 296 g/mol. The van der Waals surface area contributed by atoms with Crippen molar-refractivity contribution in [2.24, 2.45) is 0 Å². The molecule has 0 aliphatic carbocycles. The quantitative estimate of drug-likeness (QED) is 0.244. The van der Waals surface area contributed by atoms with Gasteiger partial charge in [0.05, 0.1) is 0 Å². The first-order chi connectivity index (χ1) is 11.8. The fourth-order valence-corrected chi connectivity index (χ4v) is 1.82. The first kappa shape index (κ1) is 21.6. The Morgan fingerprint density at radius 3 is 1.62 bits per heavy atom. The molecule has 0 aromatic rings. The van der Waals surface area contributed by atoms with Crippen LogP contribution in [-0.2, 0) is 4.79 Å². The third kappa shape index (κ3) is 19.7. The normalized spacial score (nSPS) is 13.4. The summed E-state index contributed by atoms with van der Waals surface area (Å²) in [5.41, 5.74) is 0. The van der Waals surface area contributed by atoms with E-state index in [1.54, 1.807) is 12.2 Å². The third-order valence-electron chi connectivity index (χ3n) is 3.07. The Balaban J connectivity index is 3.70. The Hall–Kier alpha value is -2.35. The highest BCUT2D eigenvalue weighted by Crippen LogP contribution is 2.05. The summed E-state index contributed by atoms with van der Waals surface area (Å²) >= 11 is 0. The molecule has 0 spiro atoms. The van der Waals surface area contributed by atoms with E-state index < -0.39 is 5.97 Å². The van der Waals surface area contributed by atoms with Crippen LogP contribution in [0.25, 0.3) is 0 Å². The maximum atomic E-state index is 10.2. The summed E-state index contributed by atoms with van der Waals surface area (Å²) < 4.78 is 0. The van der Waals surface area contributed by atoms with Crippen molar-refractivity contribution in [3.05, 3.63) is 85.1 Å². The summed E-state index contributed by atoms with van der Waals surface area (Å²) in [4.78, 5) is 10.2. The molecule has 0 aromatic heterocycles. The van der Waals surface area contributed by atoms with Gasteiger partial charge in [-0.25, -0.2) is 4.79 Å². The highest BCUT2D eigenvalue weighted by atomic mass is 16.4.